The summed E-state index contributed by atoms with van der Waals surface area (Å²) in [6, 6.07) is 0.774. The Morgan fingerprint density at radius 3 is 2.54 bits per heavy atom. The van der Waals surface area contributed by atoms with Gasteiger partial charge in [0.25, 0.3) is 0 Å². The van der Waals surface area contributed by atoms with Crippen molar-refractivity contribution in [1.82, 2.24) is 0 Å². The minimum absolute atomic E-state index is 0.0696. The number of thiophene rings is 1. The molecule has 0 saturated carbocycles. The van der Waals surface area contributed by atoms with Crippen LogP contribution in [0.1, 0.15) is 15.2 Å². The van der Waals surface area contributed by atoms with Gasteiger partial charge in [0.05, 0.1) is 12.7 Å². The molecule has 0 aliphatic rings. The van der Waals surface area contributed by atoms with Gasteiger partial charge in [0.2, 0.25) is 0 Å². The number of esters is 1. The Morgan fingerprint density at radius 1 is 1.54 bits per heavy atom. The molecule has 1 rings (SSSR count). The van der Waals surface area contributed by atoms with Crippen molar-refractivity contribution in [2.75, 3.05) is 7.11 Å². The lowest BCUT2D eigenvalue weighted by Gasteiger charge is -2.00. The summed E-state index contributed by atoms with van der Waals surface area (Å²) in [5, 5.41) is 1.12. The van der Waals surface area contributed by atoms with Crippen molar-refractivity contribution in [2.45, 2.75) is 6.18 Å². The number of carbonyl (C=O) groups excluding carboxylic acids is 1. The van der Waals surface area contributed by atoms with Crippen LogP contribution in [0.15, 0.2) is 11.4 Å². The van der Waals surface area contributed by atoms with Crippen LogP contribution < -0.4 is 0 Å². The van der Waals surface area contributed by atoms with E-state index < -0.39 is 17.0 Å². The maximum Gasteiger partial charge on any atom is 0.425 e. The van der Waals surface area contributed by atoms with E-state index in [2.05, 4.69) is 4.74 Å². The van der Waals surface area contributed by atoms with Crippen LogP contribution in [0.4, 0.5) is 13.2 Å². The van der Waals surface area contributed by atoms with Crippen LogP contribution >= 0.6 is 11.3 Å². The fourth-order valence-electron chi connectivity index (χ4n) is 0.710. The second kappa shape index (κ2) is 3.37. The largest absolute Gasteiger partial charge is 0.465 e. The zero-order chi connectivity index (χ0) is 10.1. The molecular formula is C7H5F3O2S. The van der Waals surface area contributed by atoms with E-state index in [0.717, 1.165) is 18.6 Å². The van der Waals surface area contributed by atoms with Crippen LogP contribution in [-0.4, -0.2) is 13.1 Å². The van der Waals surface area contributed by atoms with Gasteiger partial charge in [-0.25, -0.2) is 4.79 Å². The third-order valence-corrected chi connectivity index (χ3v) is 2.27. The summed E-state index contributed by atoms with van der Waals surface area (Å²) in [6.45, 7) is 0. The Bertz CT molecular complexity index is 316. The van der Waals surface area contributed by atoms with E-state index in [1.807, 2.05) is 0 Å². The summed E-state index contributed by atoms with van der Waals surface area (Å²) in [7, 11) is 1.12. The van der Waals surface area contributed by atoms with Crippen molar-refractivity contribution in [3.8, 4) is 0 Å². The molecular weight excluding hydrogens is 205 g/mol. The maximum absolute atomic E-state index is 12.0. The third kappa shape index (κ3) is 2.21. The molecule has 2 nitrogen and oxygen atoms in total. The maximum atomic E-state index is 12.0. The first-order valence-corrected chi connectivity index (χ1v) is 4.07. The summed E-state index contributed by atoms with van der Waals surface area (Å²) in [6.07, 6.45) is -4.39. The molecule has 0 aromatic carbocycles. The van der Waals surface area contributed by atoms with Gasteiger partial charge in [0.15, 0.2) is 0 Å². The highest BCUT2D eigenvalue weighted by Gasteiger charge is 2.33. The second-order valence-electron chi connectivity index (χ2n) is 2.19. The van der Waals surface area contributed by atoms with E-state index in [0.29, 0.717) is 11.3 Å². The van der Waals surface area contributed by atoms with Crippen molar-refractivity contribution in [1.29, 1.82) is 0 Å². The van der Waals surface area contributed by atoms with E-state index in [9.17, 15) is 18.0 Å². The first kappa shape index (κ1) is 10.0. The van der Waals surface area contributed by atoms with Gasteiger partial charge >= 0.3 is 12.1 Å². The molecule has 0 fully saturated rings. The number of hydrogen-bond donors (Lipinski definition) is 0. The third-order valence-electron chi connectivity index (χ3n) is 1.30. The quantitative estimate of drug-likeness (QED) is 0.666. The van der Waals surface area contributed by atoms with Gasteiger partial charge in [-0.2, -0.15) is 13.2 Å². The van der Waals surface area contributed by atoms with Crippen molar-refractivity contribution in [3.63, 3.8) is 0 Å². The average Bonchev–Trinajstić information content (AvgIpc) is 2.50. The molecule has 0 atom stereocenters. The van der Waals surface area contributed by atoms with Crippen molar-refractivity contribution >= 4 is 17.3 Å². The standard InChI is InChI=1S/C7H5F3O2S/c1-12-6(11)4-2-5(13-3-4)7(8,9)10/h2-3H,1H3. The number of alkyl halides is 3. The predicted octanol–water partition coefficient (Wildman–Crippen LogP) is 2.55. The Balaban J connectivity index is 2.93. The molecule has 0 unspecified atom stereocenters. The minimum Gasteiger partial charge on any atom is -0.465 e. The lowest BCUT2D eigenvalue weighted by atomic mass is 10.3. The Kier molecular flexibility index (Phi) is 2.60. The van der Waals surface area contributed by atoms with Crippen LogP contribution in [0.25, 0.3) is 0 Å². The highest BCUT2D eigenvalue weighted by atomic mass is 32.1. The first-order chi connectivity index (χ1) is 5.95. The highest BCUT2D eigenvalue weighted by Crippen LogP contribution is 2.34. The van der Waals surface area contributed by atoms with E-state index in [1.54, 1.807) is 0 Å². The summed E-state index contributed by atoms with van der Waals surface area (Å²) in [4.78, 5) is 9.97. The van der Waals surface area contributed by atoms with Gasteiger partial charge in [-0.1, -0.05) is 0 Å². The van der Waals surface area contributed by atoms with E-state index in [-0.39, 0.29) is 5.56 Å². The van der Waals surface area contributed by atoms with Gasteiger partial charge in [0, 0.05) is 5.38 Å². The number of methoxy groups -OCH3 is 1. The van der Waals surface area contributed by atoms with Crippen molar-refractivity contribution in [3.05, 3.63) is 21.9 Å². The van der Waals surface area contributed by atoms with Crippen LogP contribution in [0.2, 0.25) is 0 Å². The first-order valence-electron chi connectivity index (χ1n) is 3.19. The molecule has 1 aromatic rings. The van der Waals surface area contributed by atoms with Crippen LogP contribution in [-0.2, 0) is 10.9 Å². The predicted molar refractivity (Wildman–Crippen MR) is 40.7 cm³/mol. The van der Waals surface area contributed by atoms with Gasteiger partial charge in [-0.15, -0.1) is 11.3 Å². The van der Waals surface area contributed by atoms with Crippen molar-refractivity contribution in [2.24, 2.45) is 0 Å². The Morgan fingerprint density at radius 2 is 2.15 bits per heavy atom. The molecule has 6 heteroatoms. The van der Waals surface area contributed by atoms with Gasteiger partial charge in [-0.05, 0) is 6.07 Å². The minimum atomic E-state index is -4.39. The van der Waals surface area contributed by atoms with Crippen LogP contribution in [0, 0.1) is 0 Å². The summed E-state index contributed by atoms with van der Waals surface area (Å²) in [5.41, 5.74) is -0.0696. The summed E-state index contributed by atoms with van der Waals surface area (Å²) in [5.74, 6) is -0.758. The lowest BCUT2D eigenvalue weighted by Crippen LogP contribution is -2.02. The topological polar surface area (TPSA) is 26.3 Å². The number of halogens is 3. The van der Waals surface area contributed by atoms with Crippen LogP contribution in [0.3, 0.4) is 0 Å². The average molecular weight is 210 g/mol. The highest BCUT2D eigenvalue weighted by molar-refractivity contribution is 7.10. The molecule has 0 saturated heterocycles. The molecule has 0 aliphatic heterocycles. The molecule has 13 heavy (non-hydrogen) atoms. The van der Waals surface area contributed by atoms with E-state index >= 15 is 0 Å². The molecule has 0 bridgehead atoms. The fourth-order valence-corrected chi connectivity index (χ4v) is 1.46. The van der Waals surface area contributed by atoms with E-state index in [1.165, 1.54) is 0 Å². The van der Waals surface area contributed by atoms with E-state index in [4.69, 9.17) is 0 Å². The van der Waals surface area contributed by atoms with Gasteiger partial charge in [0.1, 0.15) is 4.88 Å². The molecule has 0 spiro atoms. The number of rotatable bonds is 1. The molecule has 1 aromatic heterocycles. The second-order valence-corrected chi connectivity index (χ2v) is 3.10. The summed E-state index contributed by atoms with van der Waals surface area (Å²) < 4.78 is 40.3. The smallest absolute Gasteiger partial charge is 0.425 e. The Labute approximate surface area is 75.9 Å². The molecule has 0 amide bonds. The molecule has 0 N–H and O–H groups in total. The fraction of sp³-hybridized carbons (Fsp3) is 0.286. The lowest BCUT2D eigenvalue weighted by molar-refractivity contribution is -0.134. The monoisotopic (exact) mass is 210 g/mol. The van der Waals surface area contributed by atoms with Crippen LogP contribution in [0.5, 0.6) is 0 Å². The number of carbonyl (C=O) groups is 1. The normalized spacial score (nSPS) is 11.4. The Hall–Kier alpha value is -1.04. The SMILES string of the molecule is COC(=O)c1csc(C(F)(F)F)c1. The summed E-state index contributed by atoms with van der Waals surface area (Å²) >= 11 is 0.474. The number of ether oxygens (including phenoxy) is 1. The number of hydrogen-bond acceptors (Lipinski definition) is 3. The molecule has 1 heterocycles. The molecule has 0 radical (unpaired) electrons. The molecule has 0 aliphatic carbocycles. The zero-order valence-electron chi connectivity index (χ0n) is 6.51. The zero-order valence-corrected chi connectivity index (χ0v) is 7.33. The van der Waals surface area contributed by atoms with Gasteiger partial charge < -0.3 is 4.74 Å². The van der Waals surface area contributed by atoms with Crippen molar-refractivity contribution < 1.29 is 22.7 Å². The molecule has 72 valence electrons. The van der Waals surface area contributed by atoms with Gasteiger partial charge in [-0.3, -0.25) is 0 Å².